The minimum atomic E-state index is -0.633. The topological polar surface area (TPSA) is 26.3 Å². The summed E-state index contributed by atoms with van der Waals surface area (Å²) >= 11 is 0. The van der Waals surface area contributed by atoms with Gasteiger partial charge in [-0.15, -0.1) is 0 Å². The fourth-order valence-corrected chi connectivity index (χ4v) is 1.11. The van der Waals surface area contributed by atoms with Gasteiger partial charge in [-0.3, -0.25) is 4.79 Å². The molecule has 0 aliphatic carbocycles. The van der Waals surface area contributed by atoms with Crippen molar-refractivity contribution in [1.29, 1.82) is 0 Å². The second kappa shape index (κ2) is 2.26. The number of rotatable bonds is 0. The van der Waals surface area contributed by atoms with Crippen LogP contribution < -0.4 is 0 Å². The summed E-state index contributed by atoms with van der Waals surface area (Å²) in [6, 6.07) is 0. The van der Waals surface area contributed by atoms with E-state index < -0.39 is 6.58 Å². The van der Waals surface area contributed by atoms with Gasteiger partial charge in [0.25, 0.3) is 0 Å². The molecule has 1 heterocycles. The summed E-state index contributed by atoms with van der Waals surface area (Å²) in [5, 5.41) is 0. The second-order valence-corrected chi connectivity index (χ2v) is 3.76. The number of cyclic esters (lactones) is 1. The summed E-state index contributed by atoms with van der Waals surface area (Å²) in [5.74, 6) is -0.303. The molecule has 0 aromatic rings. The highest BCUT2D eigenvalue weighted by atomic mass is 16.5. The minimum Gasteiger partial charge on any atom is -0.465 e. The number of carbonyl (C=O) groups excluding carboxylic acids is 1. The van der Waals surface area contributed by atoms with Gasteiger partial charge in [-0.05, 0) is 11.8 Å². The van der Waals surface area contributed by atoms with Crippen molar-refractivity contribution < 1.29 is 10.9 Å². The monoisotopic (exact) mass is 143 g/mol. The molecule has 0 bridgehead atoms. The van der Waals surface area contributed by atoms with Gasteiger partial charge >= 0.3 is 5.97 Å². The van der Waals surface area contributed by atoms with Crippen LogP contribution in [0.3, 0.4) is 0 Å². The molecule has 2 atom stereocenters. The standard InChI is InChI=1S/C8H14O2/c1-8(2,3)6-4-5-10-7(6)9/h6H,4-5H2,1-3H3/t6-/m0/s1/i5D/t5-,6+/m1. The van der Waals surface area contributed by atoms with E-state index in [1.807, 2.05) is 20.8 Å². The highest BCUT2D eigenvalue weighted by molar-refractivity contribution is 5.74. The van der Waals surface area contributed by atoms with Crippen molar-refractivity contribution in [2.75, 3.05) is 6.58 Å². The smallest absolute Gasteiger partial charge is 0.309 e. The molecule has 0 radical (unpaired) electrons. The number of carbonyl (C=O) groups is 1. The predicted octanol–water partition coefficient (Wildman–Crippen LogP) is 1.60. The maximum Gasteiger partial charge on any atom is 0.309 e. The summed E-state index contributed by atoms with van der Waals surface area (Å²) < 4.78 is 12.0. The fourth-order valence-electron chi connectivity index (χ4n) is 1.11. The molecule has 0 N–H and O–H groups in total. The molecule has 1 saturated heterocycles. The maximum absolute atomic E-state index is 11.1. The van der Waals surface area contributed by atoms with Crippen LogP contribution in [0.25, 0.3) is 0 Å². The molecular formula is C8H14O2. The van der Waals surface area contributed by atoms with E-state index in [0.29, 0.717) is 6.42 Å². The van der Waals surface area contributed by atoms with Crippen molar-refractivity contribution in [2.24, 2.45) is 11.3 Å². The Hall–Kier alpha value is -0.530. The summed E-state index contributed by atoms with van der Waals surface area (Å²) in [5.41, 5.74) is -0.0626. The van der Waals surface area contributed by atoms with Crippen molar-refractivity contribution in [3.05, 3.63) is 0 Å². The Morgan fingerprint density at radius 1 is 1.70 bits per heavy atom. The first-order valence-electron chi connectivity index (χ1n) is 4.12. The van der Waals surface area contributed by atoms with E-state index in [-0.39, 0.29) is 17.3 Å². The van der Waals surface area contributed by atoms with Crippen LogP contribution in [0, 0.1) is 11.3 Å². The Morgan fingerprint density at radius 3 is 2.50 bits per heavy atom. The Kier molecular flexibility index (Phi) is 1.40. The predicted molar refractivity (Wildman–Crippen MR) is 38.5 cm³/mol. The van der Waals surface area contributed by atoms with Crippen molar-refractivity contribution >= 4 is 5.97 Å². The SMILES string of the molecule is [2H][C@@H]1C[C@H](C(C)(C)C)C(=O)O1. The highest BCUT2D eigenvalue weighted by Gasteiger charge is 2.36. The van der Waals surface area contributed by atoms with Gasteiger partial charge < -0.3 is 4.74 Å². The molecule has 10 heavy (non-hydrogen) atoms. The lowest BCUT2D eigenvalue weighted by Gasteiger charge is -2.22. The summed E-state index contributed by atoms with van der Waals surface area (Å²) in [6.45, 7) is 5.36. The number of hydrogen-bond acceptors (Lipinski definition) is 2. The van der Waals surface area contributed by atoms with E-state index >= 15 is 0 Å². The van der Waals surface area contributed by atoms with E-state index in [4.69, 9.17) is 6.11 Å². The zero-order valence-corrected chi connectivity index (χ0v) is 6.68. The third kappa shape index (κ3) is 1.31. The average Bonchev–Trinajstić information content (AvgIpc) is 2.08. The largest absolute Gasteiger partial charge is 0.465 e. The van der Waals surface area contributed by atoms with Crippen molar-refractivity contribution in [2.45, 2.75) is 27.2 Å². The lowest BCUT2D eigenvalue weighted by molar-refractivity contribution is -0.143. The van der Waals surface area contributed by atoms with Crippen LogP contribution in [-0.4, -0.2) is 12.6 Å². The minimum absolute atomic E-state index is 0.0626. The maximum atomic E-state index is 11.1. The van der Waals surface area contributed by atoms with Gasteiger partial charge in [-0.1, -0.05) is 20.8 Å². The van der Waals surface area contributed by atoms with Crippen LogP contribution in [-0.2, 0) is 9.53 Å². The van der Waals surface area contributed by atoms with E-state index in [0.717, 1.165) is 0 Å². The summed E-state index contributed by atoms with van der Waals surface area (Å²) in [6.07, 6.45) is 0.544. The molecule has 1 aliphatic heterocycles. The van der Waals surface area contributed by atoms with Crippen molar-refractivity contribution in [3.8, 4) is 0 Å². The normalized spacial score (nSPS) is 35.5. The van der Waals surface area contributed by atoms with Crippen LogP contribution in [0.15, 0.2) is 0 Å². The second-order valence-electron chi connectivity index (χ2n) is 3.76. The molecule has 1 aliphatic rings. The van der Waals surface area contributed by atoms with Crippen LogP contribution in [0.2, 0.25) is 0 Å². The van der Waals surface area contributed by atoms with E-state index in [9.17, 15) is 4.79 Å². The van der Waals surface area contributed by atoms with Crippen LogP contribution in [0.1, 0.15) is 28.6 Å². The molecule has 2 nitrogen and oxygen atoms in total. The molecule has 1 fully saturated rings. The molecule has 0 spiro atoms. The van der Waals surface area contributed by atoms with Gasteiger partial charge in [0.2, 0.25) is 0 Å². The molecule has 0 aromatic heterocycles. The van der Waals surface area contributed by atoms with Crippen LogP contribution >= 0.6 is 0 Å². The van der Waals surface area contributed by atoms with Crippen molar-refractivity contribution in [1.82, 2.24) is 0 Å². The first-order chi connectivity index (χ1) is 4.91. The zero-order chi connectivity index (χ0) is 8.65. The molecular weight excluding hydrogens is 128 g/mol. The van der Waals surface area contributed by atoms with Gasteiger partial charge in [-0.25, -0.2) is 0 Å². The van der Waals surface area contributed by atoms with E-state index in [1.54, 1.807) is 0 Å². The first kappa shape index (κ1) is 6.20. The van der Waals surface area contributed by atoms with Gasteiger partial charge in [-0.2, -0.15) is 0 Å². The molecule has 0 amide bonds. The third-order valence-electron chi connectivity index (χ3n) is 1.86. The molecule has 58 valence electrons. The zero-order valence-electron chi connectivity index (χ0n) is 7.68. The number of esters is 1. The Bertz CT molecular complexity index is 171. The number of hydrogen-bond donors (Lipinski definition) is 0. The lowest BCUT2D eigenvalue weighted by atomic mass is 9.80. The molecule has 0 saturated carbocycles. The average molecular weight is 143 g/mol. The Morgan fingerprint density at radius 2 is 2.30 bits per heavy atom. The Balaban J connectivity index is 2.68. The number of ether oxygens (including phenoxy) is 1. The van der Waals surface area contributed by atoms with E-state index in [1.165, 1.54) is 0 Å². The fraction of sp³-hybridized carbons (Fsp3) is 0.875. The van der Waals surface area contributed by atoms with Gasteiger partial charge in [0.15, 0.2) is 0 Å². The van der Waals surface area contributed by atoms with Crippen LogP contribution in [0.4, 0.5) is 0 Å². The van der Waals surface area contributed by atoms with Gasteiger partial charge in [0.1, 0.15) is 0 Å². The van der Waals surface area contributed by atoms with Gasteiger partial charge in [0.05, 0.1) is 13.9 Å². The van der Waals surface area contributed by atoms with Crippen molar-refractivity contribution in [3.63, 3.8) is 0 Å². The summed E-state index contributed by atoms with van der Waals surface area (Å²) in [4.78, 5) is 11.1. The first-order valence-corrected chi connectivity index (χ1v) is 3.54. The molecule has 2 heteroatoms. The van der Waals surface area contributed by atoms with E-state index in [2.05, 4.69) is 0 Å². The quantitative estimate of drug-likeness (QED) is 0.481. The Labute approximate surface area is 63.0 Å². The molecule has 0 unspecified atom stereocenters. The van der Waals surface area contributed by atoms with Crippen LogP contribution in [0.5, 0.6) is 0 Å². The lowest BCUT2D eigenvalue weighted by Crippen LogP contribution is -2.24. The molecule has 1 rings (SSSR count). The van der Waals surface area contributed by atoms with Gasteiger partial charge in [0, 0.05) is 0 Å². The third-order valence-corrected chi connectivity index (χ3v) is 1.86. The summed E-state index contributed by atoms with van der Waals surface area (Å²) in [7, 11) is 0. The highest BCUT2D eigenvalue weighted by Crippen LogP contribution is 2.32. The molecule has 0 aromatic carbocycles.